The fourth-order valence-corrected chi connectivity index (χ4v) is 3.87. The van der Waals surface area contributed by atoms with Crippen molar-refractivity contribution in [3.05, 3.63) is 76.2 Å². The first-order chi connectivity index (χ1) is 12.7. The van der Waals surface area contributed by atoms with Gasteiger partial charge in [0, 0.05) is 11.6 Å². The summed E-state index contributed by atoms with van der Waals surface area (Å²) in [6.45, 7) is 3.99. The predicted molar refractivity (Wildman–Crippen MR) is 110 cm³/mol. The molecule has 2 aliphatic rings. The van der Waals surface area contributed by atoms with Gasteiger partial charge >= 0.3 is 0 Å². The molecule has 0 bridgehead atoms. The predicted octanol–water partition coefficient (Wildman–Crippen LogP) is 3.30. The average Bonchev–Trinajstić information content (AvgIpc) is 2.63. The molecule has 0 saturated heterocycles. The van der Waals surface area contributed by atoms with E-state index in [1.165, 1.54) is 30.1 Å². The van der Waals surface area contributed by atoms with Crippen molar-refractivity contribution in [2.24, 2.45) is 11.0 Å². The maximum Gasteiger partial charge on any atom is 0.0754 e. The zero-order valence-corrected chi connectivity index (χ0v) is 15.0. The lowest BCUT2D eigenvalue weighted by Gasteiger charge is -2.30. The summed E-state index contributed by atoms with van der Waals surface area (Å²) in [7, 11) is 0. The number of nitrogens with one attached hydrogen (secondary N) is 1. The molecule has 1 atom stereocenters. The summed E-state index contributed by atoms with van der Waals surface area (Å²) in [6, 6.07) is 16.4. The molecule has 26 heavy (non-hydrogen) atoms. The van der Waals surface area contributed by atoms with E-state index in [-0.39, 0.29) is 0 Å². The van der Waals surface area contributed by atoms with Gasteiger partial charge in [0.1, 0.15) is 0 Å². The maximum atomic E-state index is 5.87. The van der Waals surface area contributed by atoms with Crippen LogP contribution >= 0.6 is 0 Å². The van der Waals surface area contributed by atoms with E-state index in [4.69, 9.17) is 10.8 Å². The van der Waals surface area contributed by atoms with Crippen molar-refractivity contribution < 1.29 is 0 Å². The zero-order chi connectivity index (χ0) is 17.9. The minimum atomic E-state index is 0.328. The van der Waals surface area contributed by atoms with E-state index < -0.39 is 0 Å². The van der Waals surface area contributed by atoms with Crippen molar-refractivity contribution in [3.63, 3.8) is 0 Å². The molecule has 1 aliphatic carbocycles. The Kier molecular flexibility index (Phi) is 4.61. The lowest BCUT2D eigenvalue weighted by atomic mass is 9.80. The Hall–Kier alpha value is -2.81. The van der Waals surface area contributed by atoms with Gasteiger partial charge in [-0.1, -0.05) is 61.9 Å². The number of anilines is 1. The van der Waals surface area contributed by atoms with Crippen LogP contribution in [0.25, 0.3) is 12.3 Å². The highest BCUT2D eigenvalue weighted by Crippen LogP contribution is 2.33. The van der Waals surface area contributed by atoms with Gasteiger partial charge in [-0.2, -0.15) is 5.10 Å². The zero-order valence-electron chi connectivity index (χ0n) is 15.0. The van der Waals surface area contributed by atoms with E-state index in [9.17, 15) is 0 Å². The Bertz CT molecular complexity index is 944. The molecule has 0 radical (unpaired) electrons. The fourth-order valence-electron chi connectivity index (χ4n) is 3.87. The van der Waals surface area contributed by atoms with Gasteiger partial charge in [-0.3, -0.25) is 5.43 Å². The molecule has 3 heteroatoms. The molecule has 0 amide bonds. The van der Waals surface area contributed by atoms with Crippen LogP contribution in [0.2, 0.25) is 0 Å². The summed E-state index contributed by atoms with van der Waals surface area (Å²) in [6.07, 6.45) is 8.45. The SMILES string of the molecule is C=c1ccc(=C2NN=C(c3ccc(N)cc3)C3CCCCCC=C23)cc1. The number of nitrogens with two attached hydrogens (primary N) is 1. The average molecular weight is 343 g/mol. The van der Waals surface area contributed by atoms with Crippen molar-refractivity contribution in [2.75, 3.05) is 5.73 Å². The van der Waals surface area contributed by atoms with Crippen molar-refractivity contribution >= 4 is 23.7 Å². The number of hydrogen-bond acceptors (Lipinski definition) is 3. The molecule has 0 fully saturated rings. The van der Waals surface area contributed by atoms with E-state index in [0.29, 0.717) is 5.92 Å². The minimum Gasteiger partial charge on any atom is -0.399 e. The molecular weight excluding hydrogens is 318 g/mol. The molecular formula is C23H25N3. The Morgan fingerprint density at radius 2 is 1.73 bits per heavy atom. The van der Waals surface area contributed by atoms with Crippen molar-refractivity contribution in [3.8, 4) is 0 Å². The van der Waals surface area contributed by atoms with Crippen molar-refractivity contribution in [1.29, 1.82) is 0 Å². The molecule has 2 aromatic rings. The maximum absolute atomic E-state index is 5.87. The number of rotatable bonds is 1. The molecule has 0 spiro atoms. The summed E-state index contributed by atoms with van der Waals surface area (Å²) in [5.74, 6) is 0.328. The van der Waals surface area contributed by atoms with Crippen LogP contribution < -0.4 is 21.6 Å². The largest absolute Gasteiger partial charge is 0.399 e. The number of hydrazone groups is 1. The van der Waals surface area contributed by atoms with Crippen LogP contribution in [0.4, 0.5) is 5.69 Å². The number of allylic oxidation sites excluding steroid dienone is 1. The van der Waals surface area contributed by atoms with E-state index in [2.05, 4.69) is 54.5 Å². The fraction of sp³-hybridized carbons (Fsp3) is 0.261. The first-order valence-electron chi connectivity index (χ1n) is 9.41. The molecule has 1 heterocycles. The van der Waals surface area contributed by atoms with Crippen LogP contribution in [0.3, 0.4) is 0 Å². The normalized spacial score (nSPS) is 20.2. The van der Waals surface area contributed by atoms with Gasteiger partial charge in [-0.05, 0) is 53.0 Å². The van der Waals surface area contributed by atoms with Gasteiger partial charge in [0.2, 0.25) is 0 Å². The molecule has 2 aromatic carbocycles. The third-order valence-corrected chi connectivity index (χ3v) is 5.29. The number of nitrogen functional groups attached to an aromatic ring is 1. The number of hydrogen-bond donors (Lipinski definition) is 2. The highest BCUT2D eigenvalue weighted by Gasteiger charge is 2.29. The summed E-state index contributed by atoms with van der Waals surface area (Å²) in [5, 5.41) is 7.00. The number of benzene rings is 2. The summed E-state index contributed by atoms with van der Waals surface area (Å²) >= 11 is 0. The molecule has 0 saturated carbocycles. The highest BCUT2D eigenvalue weighted by molar-refractivity contribution is 6.06. The minimum absolute atomic E-state index is 0.328. The second-order valence-corrected chi connectivity index (χ2v) is 7.15. The summed E-state index contributed by atoms with van der Waals surface area (Å²) in [5.41, 5.74) is 14.8. The van der Waals surface area contributed by atoms with Crippen LogP contribution in [-0.2, 0) is 0 Å². The molecule has 3 N–H and O–H groups in total. The lowest BCUT2D eigenvalue weighted by Crippen LogP contribution is -2.33. The number of fused-ring (bicyclic) bond motifs is 1. The summed E-state index contributed by atoms with van der Waals surface area (Å²) < 4.78 is 0. The lowest BCUT2D eigenvalue weighted by molar-refractivity contribution is 0.576. The quantitative estimate of drug-likeness (QED) is 0.781. The standard InChI is InChI=1S/C23H25N3/c1-16-8-10-17(11-9-16)22-20-6-4-2-3-5-7-21(20)23(26-25-22)18-12-14-19(24)15-13-18/h6,8-15,21,25H,1-5,7,24H2. The van der Waals surface area contributed by atoms with Crippen molar-refractivity contribution in [1.82, 2.24) is 5.43 Å². The van der Waals surface area contributed by atoms with Crippen LogP contribution in [0, 0.1) is 5.92 Å². The van der Waals surface area contributed by atoms with Crippen LogP contribution in [0.1, 0.15) is 37.7 Å². The molecule has 1 aliphatic heterocycles. The number of nitrogens with zero attached hydrogens (tertiary/aromatic N) is 1. The Labute approximate surface area is 154 Å². The topological polar surface area (TPSA) is 50.4 Å². The van der Waals surface area contributed by atoms with Crippen LogP contribution in [-0.4, -0.2) is 5.71 Å². The highest BCUT2D eigenvalue weighted by atomic mass is 15.3. The summed E-state index contributed by atoms with van der Waals surface area (Å²) in [4.78, 5) is 0. The third-order valence-electron chi connectivity index (χ3n) is 5.29. The molecule has 132 valence electrons. The van der Waals surface area contributed by atoms with Crippen LogP contribution in [0.15, 0.2) is 65.3 Å². The van der Waals surface area contributed by atoms with Gasteiger partial charge in [-0.25, -0.2) is 0 Å². The Balaban J connectivity index is 1.85. The third kappa shape index (κ3) is 3.30. The molecule has 0 aromatic heterocycles. The van der Waals surface area contributed by atoms with E-state index in [1.807, 2.05) is 12.1 Å². The molecule has 3 nitrogen and oxygen atoms in total. The first kappa shape index (κ1) is 16.6. The smallest absolute Gasteiger partial charge is 0.0754 e. The van der Waals surface area contributed by atoms with Crippen molar-refractivity contribution in [2.45, 2.75) is 32.1 Å². The van der Waals surface area contributed by atoms with Gasteiger partial charge in [0.25, 0.3) is 0 Å². The second kappa shape index (κ2) is 7.20. The molecule has 4 rings (SSSR count). The van der Waals surface area contributed by atoms with Crippen LogP contribution in [0.5, 0.6) is 0 Å². The van der Waals surface area contributed by atoms with Gasteiger partial charge in [0.05, 0.1) is 11.4 Å². The van der Waals surface area contributed by atoms with Gasteiger partial charge < -0.3 is 5.73 Å². The van der Waals surface area contributed by atoms with Gasteiger partial charge in [0.15, 0.2) is 0 Å². The Morgan fingerprint density at radius 3 is 2.50 bits per heavy atom. The van der Waals surface area contributed by atoms with Gasteiger partial charge in [-0.15, -0.1) is 0 Å². The first-order valence-corrected chi connectivity index (χ1v) is 9.41. The van der Waals surface area contributed by atoms with E-state index in [0.717, 1.165) is 40.7 Å². The monoisotopic (exact) mass is 343 g/mol. The second-order valence-electron chi connectivity index (χ2n) is 7.15. The molecule has 1 unspecified atom stereocenters. The van der Waals surface area contributed by atoms with E-state index >= 15 is 0 Å². The Morgan fingerprint density at radius 1 is 0.962 bits per heavy atom. The van der Waals surface area contributed by atoms with E-state index in [1.54, 1.807) is 0 Å².